The summed E-state index contributed by atoms with van der Waals surface area (Å²) in [6, 6.07) is 17.0. The maximum absolute atomic E-state index is 13.2. The summed E-state index contributed by atoms with van der Waals surface area (Å²) in [6.07, 6.45) is -0.481. The van der Waals surface area contributed by atoms with Crippen LogP contribution in [0.5, 0.6) is 0 Å². The Morgan fingerprint density at radius 3 is 2.32 bits per heavy atom. The molecule has 4 heteroatoms. The van der Waals surface area contributed by atoms with Crippen LogP contribution >= 0.6 is 0 Å². The number of carbonyl (C=O) groups excluding carboxylic acids is 2. The lowest BCUT2D eigenvalue weighted by Gasteiger charge is -2.49. The van der Waals surface area contributed by atoms with Crippen molar-refractivity contribution in [2.75, 3.05) is 0 Å². The van der Waals surface area contributed by atoms with Gasteiger partial charge in [0.15, 0.2) is 6.10 Å². The molecule has 2 heterocycles. The van der Waals surface area contributed by atoms with Crippen LogP contribution in [0.4, 0.5) is 0 Å². The summed E-state index contributed by atoms with van der Waals surface area (Å²) < 4.78 is 5.85. The van der Waals surface area contributed by atoms with Gasteiger partial charge in [-0.3, -0.25) is 9.59 Å². The van der Waals surface area contributed by atoms with Crippen LogP contribution in [0.25, 0.3) is 0 Å². The van der Waals surface area contributed by atoms with E-state index in [1.807, 2.05) is 74.2 Å². The first-order valence-corrected chi connectivity index (χ1v) is 8.64. The van der Waals surface area contributed by atoms with Crippen molar-refractivity contribution in [2.45, 2.75) is 44.4 Å². The lowest BCUT2D eigenvalue weighted by molar-refractivity contribution is -0.143. The summed E-state index contributed by atoms with van der Waals surface area (Å²) in [7, 11) is 0. The Labute approximate surface area is 147 Å². The van der Waals surface area contributed by atoms with Gasteiger partial charge >= 0.3 is 5.97 Å². The van der Waals surface area contributed by atoms with E-state index < -0.39 is 17.6 Å². The van der Waals surface area contributed by atoms with E-state index in [1.54, 1.807) is 6.07 Å². The van der Waals surface area contributed by atoms with E-state index in [0.29, 0.717) is 5.56 Å². The summed E-state index contributed by atoms with van der Waals surface area (Å²) in [5.41, 5.74) is 1.54. The molecule has 128 valence electrons. The van der Waals surface area contributed by atoms with Crippen molar-refractivity contribution >= 4 is 11.9 Å². The van der Waals surface area contributed by atoms with Crippen LogP contribution in [0.2, 0.25) is 0 Å². The molecule has 0 bridgehead atoms. The molecule has 1 saturated heterocycles. The maximum atomic E-state index is 13.2. The Balaban J connectivity index is 1.97. The Kier molecular flexibility index (Phi) is 3.46. The number of esters is 1. The standard InChI is InChI=1S/C21H21NO3/c1-13(2)22-19(23)16-12-8-7-11-15(16)17-20(24)25-18(21(17,22)3)14-9-5-4-6-10-14/h4-13,17-18H,1-3H3/t17-,18+,21-/m1/s1. The smallest absolute Gasteiger partial charge is 0.316 e. The van der Waals surface area contributed by atoms with Crippen molar-refractivity contribution in [3.8, 4) is 0 Å². The molecular formula is C21H21NO3. The van der Waals surface area contributed by atoms with Gasteiger partial charge in [-0.1, -0.05) is 48.5 Å². The maximum Gasteiger partial charge on any atom is 0.316 e. The minimum atomic E-state index is -0.752. The predicted molar refractivity (Wildman–Crippen MR) is 94.2 cm³/mol. The van der Waals surface area contributed by atoms with Crippen molar-refractivity contribution in [1.82, 2.24) is 4.90 Å². The summed E-state index contributed by atoms with van der Waals surface area (Å²) in [5.74, 6) is -0.778. The summed E-state index contributed by atoms with van der Waals surface area (Å²) in [4.78, 5) is 28.0. The Bertz CT molecular complexity index is 845. The fourth-order valence-electron chi connectivity index (χ4n) is 4.52. The molecule has 0 aliphatic carbocycles. The average molecular weight is 335 g/mol. The lowest BCUT2D eigenvalue weighted by Crippen LogP contribution is -2.60. The first-order valence-electron chi connectivity index (χ1n) is 8.64. The van der Waals surface area contributed by atoms with E-state index in [4.69, 9.17) is 4.74 Å². The molecule has 4 rings (SSSR count). The highest BCUT2D eigenvalue weighted by Gasteiger charge is 2.63. The zero-order valence-corrected chi connectivity index (χ0v) is 14.6. The minimum absolute atomic E-state index is 0.0384. The van der Waals surface area contributed by atoms with Gasteiger partial charge in [-0.15, -0.1) is 0 Å². The third-order valence-corrected chi connectivity index (χ3v) is 5.44. The predicted octanol–water partition coefficient (Wildman–Crippen LogP) is 3.69. The number of nitrogens with zero attached hydrogens (tertiary/aromatic N) is 1. The van der Waals surface area contributed by atoms with Gasteiger partial charge in [0.05, 0.1) is 5.54 Å². The second-order valence-corrected chi connectivity index (χ2v) is 7.24. The largest absolute Gasteiger partial charge is 0.454 e. The van der Waals surface area contributed by atoms with Gasteiger partial charge in [-0.2, -0.15) is 0 Å². The normalized spacial score (nSPS) is 27.9. The van der Waals surface area contributed by atoms with E-state index in [1.165, 1.54) is 0 Å². The monoisotopic (exact) mass is 335 g/mol. The summed E-state index contributed by atoms with van der Waals surface area (Å²) in [6.45, 7) is 5.95. The highest BCUT2D eigenvalue weighted by atomic mass is 16.6. The minimum Gasteiger partial charge on any atom is -0.454 e. The quantitative estimate of drug-likeness (QED) is 0.786. The molecule has 3 atom stereocenters. The van der Waals surface area contributed by atoms with Crippen LogP contribution in [0.3, 0.4) is 0 Å². The zero-order valence-electron chi connectivity index (χ0n) is 14.6. The Hall–Kier alpha value is -2.62. The summed E-state index contributed by atoms with van der Waals surface area (Å²) >= 11 is 0. The van der Waals surface area contributed by atoms with Crippen molar-refractivity contribution < 1.29 is 14.3 Å². The number of carbonyl (C=O) groups is 2. The van der Waals surface area contributed by atoms with Crippen LogP contribution in [0.15, 0.2) is 54.6 Å². The van der Waals surface area contributed by atoms with Gasteiger partial charge in [0.25, 0.3) is 5.91 Å². The number of benzene rings is 2. The molecule has 0 saturated carbocycles. The lowest BCUT2D eigenvalue weighted by atomic mass is 9.71. The molecule has 0 unspecified atom stereocenters. The molecule has 2 aliphatic heterocycles. The van der Waals surface area contributed by atoms with Gasteiger partial charge in [0.2, 0.25) is 0 Å². The second-order valence-electron chi connectivity index (χ2n) is 7.24. The van der Waals surface area contributed by atoms with Gasteiger partial charge in [0.1, 0.15) is 5.92 Å². The molecule has 0 radical (unpaired) electrons. The average Bonchev–Trinajstić information content (AvgIpc) is 2.87. The van der Waals surface area contributed by atoms with Crippen molar-refractivity contribution in [3.05, 3.63) is 71.3 Å². The molecule has 0 spiro atoms. The van der Waals surface area contributed by atoms with E-state index >= 15 is 0 Å². The fraction of sp³-hybridized carbons (Fsp3) is 0.333. The van der Waals surface area contributed by atoms with Crippen LogP contribution in [0, 0.1) is 0 Å². The molecule has 25 heavy (non-hydrogen) atoms. The molecule has 4 nitrogen and oxygen atoms in total. The molecule has 0 N–H and O–H groups in total. The van der Waals surface area contributed by atoms with Gasteiger partial charge < -0.3 is 9.64 Å². The van der Waals surface area contributed by atoms with Crippen molar-refractivity contribution in [2.24, 2.45) is 0 Å². The fourth-order valence-corrected chi connectivity index (χ4v) is 4.52. The molecule has 1 amide bonds. The molecule has 2 aromatic rings. The molecular weight excluding hydrogens is 314 g/mol. The Morgan fingerprint density at radius 2 is 1.64 bits per heavy atom. The van der Waals surface area contributed by atoms with Crippen LogP contribution in [-0.2, 0) is 9.53 Å². The van der Waals surface area contributed by atoms with E-state index in [0.717, 1.165) is 11.1 Å². The SMILES string of the molecule is CC(C)N1C(=O)c2ccccc2[C@@H]2C(=O)O[C@@H](c3ccccc3)[C@@]21C. The van der Waals surface area contributed by atoms with E-state index in [-0.39, 0.29) is 17.9 Å². The van der Waals surface area contributed by atoms with Gasteiger partial charge in [0, 0.05) is 11.6 Å². The molecule has 2 aliphatic rings. The molecule has 2 aromatic carbocycles. The third-order valence-electron chi connectivity index (χ3n) is 5.44. The topological polar surface area (TPSA) is 46.6 Å². The molecule has 1 fully saturated rings. The highest BCUT2D eigenvalue weighted by molar-refractivity contribution is 6.02. The number of fused-ring (bicyclic) bond motifs is 3. The Morgan fingerprint density at radius 1 is 1.00 bits per heavy atom. The van der Waals surface area contributed by atoms with E-state index in [9.17, 15) is 9.59 Å². The van der Waals surface area contributed by atoms with Crippen molar-refractivity contribution in [1.29, 1.82) is 0 Å². The number of hydrogen-bond donors (Lipinski definition) is 0. The second kappa shape index (κ2) is 5.45. The third kappa shape index (κ3) is 2.06. The number of ether oxygens (including phenoxy) is 1. The summed E-state index contributed by atoms with van der Waals surface area (Å²) in [5, 5.41) is 0. The number of amides is 1. The van der Waals surface area contributed by atoms with Crippen LogP contribution in [0.1, 0.15) is 54.3 Å². The first-order chi connectivity index (χ1) is 12.0. The van der Waals surface area contributed by atoms with Crippen LogP contribution < -0.4 is 0 Å². The van der Waals surface area contributed by atoms with E-state index in [2.05, 4.69) is 0 Å². The van der Waals surface area contributed by atoms with Crippen LogP contribution in [-0.4, -0.2) is 28.4 Å². The first kappa shape index (κ1) is 15.9. The van der Waals surface area contributed by atoms with Gasteiger partial charge in [-0.05, 0) is 38.0 Å². The number of cyclic esters (lactones) is 1. The zero-order chi connectivity index (χ0) is 17.8. The van der Waals surface area contributed by atoms with Gasteiger partial charge in [-0.25, -0.2) is 0 Å². The van der Waals surface area contributed by atoms with Crippen molar-refractivity contribution in [3.63, 3.8) is 0 Å². The number of rotatable bonds is 2. The number of hydrogen-bond acceptors (Lipinski definition) is 3. The highest BCUT2D eigenvalue weighted by Crippen LogP contribution is 2.55. The molecule has 0 aromatic heterocycles.